The van der Waals surface area contributed by atoms with Gasteiger partial charge in [-0.15, -0.1) is 0 Å². The van der Waals surface area contributed by atoms with Gasteiger partial charge in [-0.05, 0) is 25.1 Å². The lowest BCUT2D eigenvalue weighted by molar-refractivity contribution is -0.138. The minimum atomic E-state index is -0.963. The van der Waals surface area contributed by atoms with E-state index in [0.29, 0.717) is 0 Å². The van der Waals surface area contributed by atoms with Crippen molar-refractivity contribution in [3.05, 3.63) is 35.4 Å². The van der Waals surface area contributed by atoms with E-state index in [1.54, 1.807) is 6.07 Å². The number of hydrogen-bond donors (Lipinski definition) is 4. The van der Waals surface area contributed by atoms with Gasteiger partial charge in [0.2, 0.25) is 11.8 Å². The molecular weight excluding hydrogens is 238 g/mol. The number of aliphatic carboxylic acids is 1. The van der Waals surface area contributed by atoms with Crippen molar-refractivity contribution < 1.29 is 19.5 Å². The summed E-state index contributed by atoms with van der Waals surface area (Å²) >= 11 is 0. The van der Waals surface area contributed by atoms with E-state index in [1.807, 2.05) is 0 Å². The number of benzene rings is 1. The number of carbonyl (C=O) groups excluding carboxylic acids is 2. The number of carboxylic acid groups (broad SMARTS) is 1. The van der Waals surface area contributed by atoms with E-state index in [4.69, 9.17) is 22.3 Å². The van der Waals surface area contributed by atoms with Gasteiger partial charge in [-0.1, -0.05) is 6.07 Å². The number of carbonyl (C=O) groups is 3. The molecule has 0 aliphatic heterocycles. The van der Waals surface area contributed by atoms with Crippen LogP contribution in [0.2, 0.25) is 0 Å². The molecule has 1 aromatic carbocycles. The van der Waals surface area contributed by atoms with Crippen LogP contribution in [0.3, 0.4) is 0 Å². The fourth-order valence-corrected chi connectivity index (χ4v) is 0.826. The van der Waals surface area contributed by atoms with Crippen LogP contribution >= 0.6 is 0 Å². The van der Waals surface area contributed by atoms with Gasteiger partial charge >= 0.3 is 5.97 Å². The molecule has 1 atom stereocenters. The number of amides is 2. The first-order valence-electron chi connectivity index (χ1n) is 4.93. The number of primary amides is 2. The van der Waals surface area contributed by atoms with Crippen molar-refractivity contribution >= 4 is 17.8 Å². The number of rotatable bonds is 3. The van der Waals surface area contributed by atoms with E-state index in [0.717, 1.165) is 0 Å². The van der Waals surface area contributed by atoms with Gasteiger partial charge in [0, 0.05) is 11.1 Å². The fourth-order valence-electron chi connectivity index (χ4n) is 0.826. The molecule has 0 bridgehead atoms. The second-order valence-electron chi connectivity index (χ2n) is 3.44. The van der Waals surface area contributed by atoms with Gasteiger partial charge in [0.25, 0.3) is 0 Å². The Morgan fingerprint density at radius 2 is 1.44 bits per heavy atom. The van der Waals surface area contributed by atoms with Crippen LogP contribution in [0.15, 0.2) is 24.3 Å². The van der Waals surface area contributed by atoms with Crippen LogP contribution in [0, 0.1) is 0 Å². The number of carboxylic acids is 1. The summed E-state index contributed by atoms with van der Waals surface area (Å²) in [6, 6.07) is 5.24. The summed E-state index contributed by atoms with van der Waals surface area (Å²) in [5, 5.41) is 7.87. The minimum Gasteiger partial charge on any atom is -0.480 e. The maximum atomic E-state index is 10.6. The molecule has 0 saturated carbocycles. The molecule has 18 heavy (non-hydrogen) atoms. The van der Waals surface area contributed by atoms with Crippen molar-refractivity contribution in [2.45, 2.75) is 13.0 Å². The van der Waals surface area contributed by atoms with Crippen molar-refractivity contribution in [3.8, 4) is 0 Å². The Bertz CT molecular complexity index is 428. The first-order valence-corrected chi connectivity index (χ1v) is 4.93. The Labute approximate surface area is 104 Å². The van der Waals surface area contributed by atoms with E-state index in [2.05, 4.69) is 0 Å². The molecule has 7 N–H and O–H groups in total. The molecule has 2 amide bonds. The average molecular weight is 253 g/mol. The lowest BCUT2D eigenvalue weighted by atomic mass is 10.1. The van der Waals surface area contributed by atoms with Crippen LogP contribution in [0.1, 0.15) is 27.6 Å². The highest BCUT2D eigenvalue weighted by Gasteiger charge is 2.03. The average Bonchev–Trinajstić information content (AvgIpc) is 2.29. The Morgan fingerprint density at radius 3 is 1.67 bits per heavy atom. The van der Waals surface area contributed by atoms with Gasteiger partial charge in [-0.25, -0.2) is 0 Å². The van der Waals surface area contributed by atoms with Crippen molar-refractivity contribution in [3.63, 3.8) is 0 Å². The molecule has 0 fully saturated rings. The van der Waals surface area contributed by atoms with Crippen molar-refractivity contribution in [1.82, 2.24) is 0 Å². The third-order valence-corrected chi connectivity index (χ3v) is 1.82. The molecule has 7 heteroatoms. The van der Waals surface area contributed by atoms with Crippen LogP contribution in [0.5, 0.6) is 0 Å². The normalized spacial score (nSPS) is 10.8. The smallest absolute Gasteiger partial charge is 0.320 e. The second kappa shape index (κ2) is 7.02. The van der Waals surface area contributed by atoms with Gasteiger partial charge in [0.05, 0.1) is 0 Å². The van der Waals surface area contributed by atoms with E-state index >= 15 is 0 Å². The standard InChI is InChI=1S/C8H8N2O2.C3H7NO2/c9-7(11)5-2-1-3-6(4-5)8(10)12;1-2(4)3(5)6/h1-4H,(H2,9,11)(H2,10,12);2H,4H2,1H3,(H,5,6)/t;2-/m.0/s1. The van der Waals surface area contributed by atoms with Crippen LogP contribution in [0.25, 0.3) is 0 Å². The van der Waals surface area contributed by atoms with E-state index in [-0.39, 0.29) is 11.1 Å². The molecule has 1 aromatic rings. The predicted molar refractivity (Wildman–Crippen MR) is 64.8 cm³/mol. The Kier molecular flexibility index (Phi) is 6.08. The first kappa shape index (κ1) is 15.6. The summed E-state index contributed by atoms with van der Waals surface area (Å²) in [4.78, 5) is 30.9. The van der Waals surface area contributed by atoms with Crippen LogP contribution in [0.4, 0.5) is 0 Å². The summed E-state index contributed by atoms with van der Waals surface area (Å²) in [6.45, 7) is 1.42. The van der Waals surface area contributed by atoms with Gasteiger partial charge < -0.3 is 22.3 Å². The predicted octanol–water partition coefficient (Wildman–Crippen LogP) is -0.697. The van der Waals surface area contributed by atoms with Crippen molar-refractivity contribution in [2.24, 2.45) is 17.2 Å². The van der Waals surface area contributed by atoms with E-state index < -0.39 is 23.8 Å². The Morgan fingerprint density at radius 1 is 1.11 bits per heavy atom. The lowest BCUT2D eigenvalue weighted by Crippen LogP contribution is -2.25. The quantitative estimate of drug-likeness (QED) is 0.561. The van der Waals surface area contributed by atoms with Gasteiger partial charge in [0.1, 0.15) is 6.04 Å². The fraction of sp³-hybridized carbons (Fsp3) is 0.182. The molecule has 0 unspecified atom stereocenters. The van der Waals surface area contributed by atoms with Crippen LogP contribution < -0.4 is 17.2 Å². The lowest BCUT2D eigenvalue weighted by Gasteiger charge is -1.97. The highest BCUT2D eigenvalue weighted by atomic mass is 16.4. The highest BCUT2D eigenvalue weighted by Crippen LogP contribution is 2.03. The molecule has 98 valence electrons. The maximum absolute atomic E-state index is 10.6. The molecule has 1 rings (SSSR count). The molecule has 0 aromatic heterocycles. The molecule has 0 aliphatic rings. The topological polar surface area (TPSA) is 150 Å². The molecule has 0 heterocycles. The molecule has 0 radical (unpaired) electrons. The summed E-state index contributed by atoms with van der Waals surface area (Å²) in [6.07, 6.45) is 0. The second-order valence-corrected chi connectivity index (χ2v) is 3.44. The maximum Gasteiger partial charge on any atom is 0.320 e. The van der Waals surface area contributed by atoms with E-state index in [1.165, 1.54) is 25.1 Å². The minimum absolute atomic E-state index is 0.284. The third-order valence-electron chi connectivity index (χ3n) is 1.82. The first-order chi connectivity index (χ1) is 8.25. The zero-order valence-electron chi connectivity index (χ0n) is 9.79. The largest absolute Gasteiger partial charge is 0.480 e. The SMILES string of the molecule is C[C@H](N)C(=O)O.NC(=O)c1cccc(C(N)=O)c1. The third kappa shape index (κ3) is 5.61. The molecule has 0 aliphatic carbocycles. The van der Waals surface area contributed by atoms with E-state index in [9.17, 15) is 14.4 Å². The summed E-state index contributed by atoms with van der Waals surface area (Å²) < 4.78 is 0. The van der Waals surface area contributed by atoms with Gasteiger partial charge in [0.15, 0.2) is 0 Å². The summed E-state index contributed by atoms with van der Waals surface area (Å²) in [5.74, 6) is -2.11. The molecule has 7 nitrogen and oxygen atoms in total. The molecule has 0 saturated heterocycles. The molecular formula is C11H15N3O4. The summed E-state index contributed by atoms with van der Waals surface area (Å²) in [5.41, 5.74) is 15.4. The zero-order chi connectivity index (χ0) is 14.3. The number of hydrogen-bond acceptors (Lipinski definition) is 4. The van der Waals surface area contributed by atoms with Crippen LogP contribution in [-0.4, -0.2) is 28.9 Å². The number of nitrogens with two attached hydrogens (primary N) is 3. The van der Waals surface area contributed by atoms with Crippen molar-refractivity contribution in [1.29, 1.82) is 0 Å². The Hall–Kier alpha value is -2.41. The monoisotopic (exact) mass is 253 g/mol. The zero-order valence-corrected chi connectivity index (χ0v) is 9.79. The Balaban J connectivity index is 0.000000411. The van der Waals surface area contributed by atoms with Gasteiger partial charge in [-0.3, -0.25) is 14.4 Å². The highest BCUT2D eigenvalue weighted by molar-refractivity contribution is 5.98. The molecule has 0 spiro atoms. The van der Waals surface area contributed by atoms with Crippen molar-refractivity contribution in [2.75, 3.05) is 0 Å². The van der Waals surface area contributed by atoms with Gasteiger partial charge in [-0.2, -0.15) is 0 Å². The summed E-state index contributed by atoms with van der Waals surface area (Å²) in [7, 11) is 0. The van der Waals surface area contributed by atoms with Crippen LogP contribution in [-0.2, 0) is 4.79 Å².